The standard InChI is InChI=1S/C18H29N3O3S/c1-20(17(13-5-6-13)14-7-8-14)11-15-10-19-18(25(2,22)23)21(15)12-16-4-3-9-24-16/h10,13-14,16-17H,3-9,11-12H2,1-2H3/t16-/m1/s1. The highest BCUT2D eigenvalue weighted by Crippen LogP contribution is 2.47. The minimum Gasteiger partial charge on any atom is -0.376 e. The number of ether oxygens (including phenoxy) is 1. The van der Waals surface area contributed by atoms with Gasteiger partial charge >= 0.3 is 0 Å². The fraction of sp³-hybridized carbons (Fsp3) is 0.833. The summed E-state index contributed by atoms with van der Waals surface area (Å²) in [6.07, 6.45) is 10.5. The maximum atomic E-state index is 12.2. The zero-order valence-electron chi connectivity index (χ0n) is 15.2. The molecule has 1 aromatic heterocycles. The van der Waals surface area contributed by atoms with Gasteiger partial charge in [-0.1, -0.05) is 0 Å². The molecule has 0 amide bonds. The van der Waals surface area contributed by atoms with Gasteiger partial charge in [-0.05, 0) is 57.4 Å². The van der Waals surface area contributed by atoms with Crippen molar-refractivity contribution in [2.24, 2.45) is 11.8 Å². The topological polar surface area (TPSA) is 64.4 Å². The first-order chi connectivity index (χ1) is 11.9. The van der Waals surface area contributed by atoms with Gasteiger partial charge in [0.25, 0.3) is 0 Å². The van der Waals surface area contributed by atoms with E-state index < -0.39 is 9.84 Å². The van der Waals surface area contributed by atoms with Crippen molar-refractivity contribution in [1.82, 2.24) is 14.5 Å². The first-order valence-electron chi connectivity index (χ1n) is 9.50. The van der Waals surface area contributed by atoms with Crippen LogP contribution in [-0.2, 0) is 27.7 Å². The molecule has 1 aliphatic heterocycles. The number of nitrogens with zero attached hydrogens (tertiary/aromatic N) is 3. The molecule has 1 saturated heterocycles. The summed E-state index contributed by atoms with van der Waals surface area (Å²) in [4.78, 5) is 6.69. The van der Waals surface area contributed by atoms with Crippen molar-refractivity contribution in [2.75, 3.05) is 19.9 Å². The van der Waals surface area contributed by atoms with Gasteiger partial charge in [-0.2, -0.15) is 0 Å². The fourth-order valence-electron chi connectivity index (χ4n) is 4.34. The minimum atomic E-state index is -3.34. The lowest BCUT2D eigenvalue weighted by atomic mass is 10.1. The second-order valence-corrected chi connectivity index (χ2v) is 10.0. The zero-order chi connectivity index (χ0) is 17.6. The van der Waals surface area contributed by atoms with E-state index >= 15 is 0 Å². The van der Waals surface area contributed by atoms with E-state index in [4.69, 9.17) is 4.74 Å². The maximum Gasteiger partial charge on any atom is 0.227 e. The van der Waals surface area contributed by atoms with Crippen LogP contribution >= 0.6 is 0 Å². The zero-order valence-corrected chi connectivity index (χ0v) is 16.0. The molecule has 25 heavy (non-hydrogen) atoms. The lowest BCUT2D eigenvalue weighted by molar-refractivity contribution is 0.0926. The third-order valence-corrected chi connectivity index (χ3v) is 6.76. The van der Waals surface area contributed by atoms with E-state index in [0.717, 1.165) is 43.5 Å². The average Bonchev–Trinajstić information content (AvgIpc) is 3.46. The third-order valence-electron chi connectivity index (χ3n) is 5.77. The number of aromatic nitrogens is 2. The molecule has 7 heteroatoms. The molecule has 3 fully saturated rings. The lowest BCUT2D eigenvalue weighted by Gasteiger charge is -2.29. The van der Waals surface area contributed by atoms with Crippen molar-refractivity contribution in [1.29, 1.82) is 0 Å². The van der Waals surface area contributed by atoms with E-state index in [1.807, 2.05) is 4.57 Å². The van der Waals surface area contributed by atoms with Gasteiger partial charge in [-0.15, -0.1) is 0 Å². The Morgan fingerprint density at radius 3 is 2.48 bits per heavy atom. The number of imidazole rings is 1. The maximum absolute atomic E-state index is 12.2. The molecule has 0 spiro atoms. The number of sulfone groups is 1. The number of hydrogen-bond acceptors (Lipinski definition) is 5. The summed E-state index contributed by atoms with van der Waals surface area (Å²) in [6.45, 7) is 2.12. The molecule has 2 heterocycles. The summed E-state index contributed by atoms with van der Waals surface area (Å²) in [5.74, 6) is 1.67. The second kappa shape index (κ2) is 6.67. The molecular weight excluding hydrogens is 338 g/mol. The van der Waals surface area contributed by atoms with E-state index in [9.17, 15) is 8.42 Å². The van der Waals surface area contributed by atoms with E-state index in [0.29, 0.717) is 12.6 Å². The molecule has 1 atom stereocenters. The van der Waals surface area contributed by atoms with Crippen LogP contribution in [0, 0.1) is 11.8 Å². The van der Waals surface area contributed by atoms with Crippen LogP contribution in [0.3, 0.4) is 0 Å². The molecule has 2 aliphatic carbocycles. The normalized spacial score (nSPS) is 24.6. The molecule has 140 valence electrons. The van der Waals surface area contributed by atoms with Crippen molar-refractivity contribution in [3.8, 4) is 0 Å². The van der Waals surface area contributed by atoms with Crippen LogP contribution in [0.1, 0.15) is 44.2 Å². The Morgan fingerprint density at radius 1 is 1.28 bits per heavy atom. The Morgan fingerprint density at radius 2 is 1.96 bits per heavy atom. The van der Waals surface area contributed by atoms with Crippen molar-refractivity contribution in [3.05, 3.63) is 11.9 Å². The summed E-state index contributed by atoms with van der Waals surface area (Å²) in [6, 6.07) is 0.646. The van der Waals surface area contributed by atoms with Crippen LogP contribution in [0.25, 0.3) is 0 Å². The van der Waals surface area contributed by atoms with Crippen molar-refractivity contribution in [3.63, 3.8) is 0 Å². The van der Waals surface area contributed by atoms with Gasteiger partial charge in [0.05, 0.1) is 24.5 Å². The molecule has 0 radical (unpaired) electrons. The molecule has 6 nitrogen and oxygen atoms in total. The molecule has 1 aromatic rings. The predicted molar refractivity (Wildman–Crippen MR) is 95.0 cm³/mol. The second-order valence-electron chi connectivity index (χ2n) is 8.13. The highest BCUT2D eigenvalue weighted by molar-refractivity contribution is 7.90. The quantitative estimate of drug-likeness (QED) is 0.704. The molecule has 4 rings (SSSR count). The Bertz CT molecular complexity index is 704. The van der Waals surface area contributed by atoms with Crippen LogP contribution < -0.4 is 0 Å². The molecule has 0 N–H and O–H groups in total. The van der Waals surface area contributed by atoms with Gasteiger partial charge in [0.2, 0.25) is 15.0 Å². The first-order valence-corrected chi connectivity index (χ1v) is 11.4. The Labute approximate surface area is 150 Å². The number of hydrogen-bond donors (Lipinski definition) is 0. The van der Waals surface area contributed by atoms with Gasteiger partial charge in [0, 0.05) is 25.4 Å². The molecule has 3 aliphatic rings. The fourth-order valence-corrected chi connectivity index (χ4v) is 5.18. The van der Waals surface area contributed by atoms with E-state index in [1.165, 1.54) is 31.9 Å². The summed E-state index contributed by atoms with van der Waals surface area (Å²) >= 11 is 0. The molecule has 0 bridgehead atoms. The van der Waals surface area contributed by atoms with Crippen LogP contribution in [0.4, 0.5) is 0 Å². The SMILES string of the molecule is CN(Cc1cnc(S(C)(=O)=O)n1C[C@H]1CCCO1)C(C1CC1)C1CC1. The summed E-state index contributed by atoms with van der Waals surface area (Å²) < 4.78 is 31.9. The lowest BCUT2D eigenvalue weighted by Crippen LogP contribution is -2.36. The highest BCUT2D eigenvalue weighted by Gasteiger charge is 2.43. The summed E-state index contributed by atoms with van der Waals surface area (Å²) in [7, 11) is -1.16. The van der Waals surface area contributed by atoms with E-state index in [-0.39, 0.29) is 11.3 Å². The molecule has 0 aromatic carbocycles. The van der Waals surface area contributed by atoms with Gasteiger partial charge < -0.3 is 9.30 Å². The average molecular weight is 368 g/mol. The minimum absolute atomic E-state index is 0.0985. The molecule has 0 unspecified atom stereocenters. The van der Waals surface area contributed by atoms with Crippen LogP contribution in [0.15, 0.2) is 11.4 Å². The highest BCUT2D eigenvalue weighted by atomic mass is 32.2. The largest absolute Gasteiger partial charge is 0.376 e. The van der Waals surface area contributed by atoms with Crippen LogP contribution in [0.2, 0.25) is 0 Å². The van der Waals surface area contributed by atoms with Gasteiger partial charge in [0.1, 0.15) is 0 Å². The third kappa shape index (κ3) is 3.93. The van der Waals surface area contributed by atoms with E-state index in [2.05, 4.69) is 16.9 Å². The van der Waals surface area contributed by atoms with E-state index in [1.54, 1.807) is 6.20 Å². The van der Waals surface area contributed by atoms with Gasteiger partial charge in [-0.25, -0.2) is 13.4 Å². The van der Waals surface area contributed by atoms with Gasteiger partial charge in [-0.3, -0.25) is 4.90 Å². The van der Waals surface area contributed by atoms with Crippen molar-refractivity contribution < 1.29 is 13.2 Å². The Kier molecular flexibility index (Phi) is 4.67. The van der Waals surface area contributed by atoms with Crippen LogP contribution in [-0.4, -0.2) is 54.9 Å². The Hall–Kier alpha value is -0.920. The van der Waals surface area contributed by atoms with Crippen molar-refractivity contribution in [2.45, 2.75) is 68.9 Å². The Balaban J connectivity index is 1.56. The monoisotopic (exact) mass is 367 g/mol. The first kappa shape index (κ1) is 17.5. The summed E-state index contributed by atoms with van der Waals surface area (Å²) in [5, 5.41) is 0.181. The van der Waals surface area contributed by atoms with Gasteiger partial charge in [0.15, 0.2) is 0 Å². The number of rotatable bonds is 8. The molecular formula is C18H29N3O3S. The van der Waals surface area contributed by atoms with Crippen molar-refractivity contribution >= 4 is 9.84 Å². The smallest absolute Gasteiger partial charge is 0.227 e. The predicted octanol–water partition coefficient (Wildman–Crippen LogP) is 2.09. The molecule has 2 saturated carbocycles. The van der Waals surface area contributed by atoms with Crippen LogP contribution in [0.5, 0.6) is 0 Å². The summed E-state index contributed by atoms with van der Waals surface area (Å²) in [5.41, 5.74) is 0.990.